The molecule has 1 aliphatic heterocycles. The van der Waals surface area contributed by atoms with Crippen molar-refractivity contribution in [2.24, 2.45) is 17.6 Å². The lowest BCUT2D eigenvalue weighted by molar-refractivity contribution is -0.788. The van der Waals surface area contributed by atoms with Gasteiger partial charge in [0.05, 0.1) is 11.4 Å². The molecule has 4 aromatic rings. The molecule has 14 heteroatoms. The van der Waals surface area contributed by atoms with Crippen LogP contribution in [-0.2, 0) is 14.8 Å². The van der Waals surface area contributed by atoms with Crippen LogP contribution in [0.2, 0.25) is 0 Å². The second kappa shape index (κ2) is 14.7. The number of likely N-dealkylation sites (tertiary alicyclic amines) is 1. The van der Waals surface area contributed by atoms with E-state index in [1.165, 1.54) is 48.5 Å². The van der Waals surface area contributed by atoms with E-state index >= 15 is 4.79 Å². The highest BCUT2D eigenvalue weighted by atomic mass is 32.2. The van der Waals surface area contributed by atoms with E-state index in [2.05, 4.69) is 4.98 Å². The first-order valence-electron chi connectivity index (χ1n) is 16.8. The predicted octanol–water partition coefficient (Wildman–Crippen LogP) is 4.93. The minimum atomic E-state index is -4.18. The van der Waals surface area contributed by atoms with E-state index < -0.39 is 68.1 Å². The highest BCUT2D eigenvalue weighted by molar-refractivity contribution is 7.90. The van der Waals surface area contributed by atoms with Crippen LogP contribution in [0.1, 0.15) is 78.9 Å². The zero-order valence-electron chi connectivity index (χ0n) is 29.1. The second-order valence-electron chi connectivity index (χ2n) is 13.5. The van der Waals surface area contributed by atoms with Gasteiger partial charge in [0.25, 0.3) is 27.7 Å². The van der Waals surface area contributed by atoms with Crippen molar-refractivity contribution < 1.29 is 41.3 Å². The van der Waals surface area contributed by atoms with Gasteiger partial charge in [-0.1, -0.05) is 58.0 Å². The van der Waals surface area contributed by atoms with E-state index in [9.17, 15) is 27.6 Å². The Morgan fingerprint density at radius 1 is 0.882 bits per heavy atom. The van der Waals surface area contributed by atoms with E-state index in [-0.39, 0.29) is 34.4 Å². The molecule has 0 spiro atoms. The molecule has 0 saturated carbocycles. The largest absolute Gasteiger partial charge is 0.434 e. The first kappa shape index (κ1) is 37.2. The molecule has 0 bridgehead atoms. The van der Waals surface area contributed by atoms with Crippen molar-refractivity contribution in [1.82, 2.24) is 14.6 Å². The summed E-state index contributed by atoms with van der Waals surface area (Å²) in [5.41, 5.74) is 6.95. The molecule has 3 unspecified atom stereocenters. The predicted molar refractivity (Wildman–Crippen MR) is 188 cm³/mol. The Morgan fingerprint density at radius 3 is 2.06 bits per heavy atom. The number of benzene rings is 3. The molecular weight excluding hydrogens is 675 g/mol. The second-order valence-corrected chi connectivity index (χ2v) is 15.2. The van der Waals surface area contributed by atoms with Crippen LogP contribution < -0.4 is 10.5 Å². The number of oxazole rings is 1. The van der Waals surface area contributed by atoms with Crippen LogP contribution in [0.25, 0.3) is 11.1 Å². The van der Waals surface area contributed by atoms with E-state index in [4.69, 9.17) is 10.2 Å². The van der Waals surface area contributed by atoms with Gasteiger partial charge < -0.3 is 10.2 Å². The number of hydrogen-bond acceptors (Lipinski definition) is 10. The average Bonchev–Trinajstić information content (AvgIpc) is 3.73. The number of amides is 5. The van der Waals surface area contributed by atoms with Gasteiger partial charge in [-0.2, -0.15) is 4.48 Å². The number of sulfonamides is 1. The summed E-state index contributed by atoms with van der Waals surface area (Å²) in [4.78, 5) is 76.2. The standard InChI is InChI=1S/C37H41N5O8S/c1-22(2)30(38)36(46)42(21-11-12-24(42)5)37(47)41(31(23(3)4)32(43)34-39-28-15-9-10-16-29(28)50-34)35(45)26-19-17-25(18-20-26)33(44)40-51(48,49)27-13-7-6-8-14-27/h6-10,13-20,22-24,30-31H,11-12,21,38H2,1-5H3/p+1/t24?,30?,31?,42-/m0/s1. The fourth-order valence-electron chi connectivity index (χ4n) is 6.42. The molecule has 51 heavy (non-hydrogen) atoms. The molecule has 5 amide bonds. The summed E-state index contributed by atoms with van der Waals surface area (Å²) < 4.78 is 32.5. The maximum Gasteiger partial charge on any atom is 0.434 e. The quantitative estimate of drug-likeness (QED) is 0.168. The van der Waals surface area contributed by atoms with Gasteiger partial charge in [-0.25, -0.2) is 32.6 Å². The maximum absolute atomic E-state index is 15.0. The van der Waals surface area contributed by atoms with Gasteiger partial charge in [0.1, 0.15) is 23.6 Å². The van der Waals surface area contributed by atoms with Crippen LogP contribution in [-0.4, -0.2) is 77.0 Å². The number of nitrogens with two attached hydrogens (primary N) is 1. The molecular formula is C37H42N5O8S+. The molecule has 0 radical (unpaired) electrons. The summed E-state index contributed by atoms with van der Waals surface area (Å²) in [7, 11) is -4.18. The van der Waals surface area contributed by atoms with Gasteiger partial charge in [-0.3, -0.25) is 14.4 Å². The van der Waals surface area contributed by atoms with Crippen molar-refractivity contribution >= 4 is 50.7 Å². The highest BCUT2D eigenvalue weighted by Gasteiger charge is 2.59. The molecule has 0 aliphatic carbocycles. The third kappa shape index (κ3) is 7.12. The van der Waals surface area contributed by atoms with Crippen LogP contribution in [0.4, 0.5) is 4.79 Å². The van der Waals surface area contributed by atoms with Crippen molar-refractivity contribution in [1.29, 1.82) is 0 Å². The van der Waals surface area contributed by atoms with Crippen LogP contribution in [0.15, 0.2) is 88.2 Å². The number of hydrogen-bond donors (Lipinski definition) is 2. The van der Waals surface area contributed by atoms with E-state index in [0.717, 1.165) is 4.90 Å². The fraction of sp³-hybridized carbons (Fsp3) is 0.351. The molecule has 268 valence electrons. The van der Waals surface area contributed by atoms with Gasteiger partial charge in [-0.05, 0) is 67.3 Å². The molecule has 3 aromatic carbocycles. The van der Waals surface area contributed by atoms with Crippen molar-refractivity contribution in [2.45, 2.75) is 70.5 Å². The Morgan fingerprint density at radius 2 is 1.49 bits per heavy atom. The summed E-state index contributed by atoms with van der Waals surface area (Å²) in [5, 5.41) is 0. The Labute approximate surface area is 296 Å². The minimum Gasteiger partial charge on any atom is -0.434 e. The summed E-state index contributed by atoms with van der Waals surface area (Å²) in [6.07, 6.45) is 1.01. The first-order valence-corrected chi connectivity index (χ1v) is 18.3. The van der Waals surface area contributed by atoms with Crippen LogP contribution in [0, 0.1) is 11.8 Å². The highest BCUT2D eigenvalue weighted by Crippen LogP contribution is 2.34. The normalized spacial score (nSPS) is 18.8. The Balaban J connectivity index is 1.57. The number of fused-ring (bicyclic) bond motifs is 1. The number of imide groups is 2. The number of urea groups is 1. The Hall–Kier alpha value is -5.05. The van der Waals surface area contributed by atoms with Gasteiger partial charge in [0.2, 0.25) is 5.78 Å². The number of carbonyl (C=O) groups is 5. The third-order valence-corrected chi connectivity index (χ3v) is 10.8. The van der Waals surface area contributed by atoms with E-state index in [1.54, 1.807) is 65.0 Å². The summed E-state index contributed by atoms with van der Waals surface area (Å²) in [6.45, 7) is 8.70. The monoisotopic (exact) mass is 716 g/mol. The van der Waals surface area contributed by atoms with E-state index in [0.29, 0.717) is 23.9 Å². The average molecular weight is 717 g/mol. The topological polar surface area (TPSA) is 187 Å². The summed E-state index contributed by atoms with van der Waals surface area (Å²) >= 11 is 0. The summed E-state index contributed by atoms with van der Waals surface area (Å²) in [6, 6.07) is 15.2. The molecule has 5 rings (SSSR count). The van der Waals surface area contributed by atoms with Crippen LogP contribution in [0.3, 0.4) is 0 Å². The molecule has 2 heterocycles. The lowest BCUT2D eigenvalue weighted by Crippen LogP contribution is -2.70. The van der Waals surface area contributed by atoms with Crippen molar-refractivity contribution in [3.63, 3.8) is 0 Å². The van der Waals surface area contributed by atoms with Crippen molar-refractivity contribution in [2.75, 3.05) is 6.54 Å². The minimum absolute atomic E-state index is 0.0818. The number of Topliss-reactive ketones (excluding diaryl/α,β-unsaturated/α-hetero) is 1. The number of para-hydroxylation sites is 2. The van der Waals surface area contributed by atoms with Crippen LogP contribution in [0.5, 0.6) is 0 Å². The number of aromatic nitrogens is 1. The number of ketones is 1. The lowest BCUT2D eigenvalue weighted by Gasteiger charge is -2.40. The molecule has 1 aliphatic rings. The van der Waals surface area contributed by atoms with Crippen LogP contribution >= 0.6 is 0 Å². The fourth-order valence-corrected chi connectivity index (χ4v) is 7.42. The van der Waals surface area contributed by atoms with Gasteiger partial charge >= 0.3 is 11.9 Å². The lowest BCUT2D eigenvalue weighted by atomic mass is 9.96. The molecule has 1 aromatic heterocycles. The zero-order chi connectivity index (χ0) is 37.2. The molecule has 3 N–H and O–H groups in total. The third-order valence-electron chi connectivity index (χ3n) is 9.41. The number of quaternary nitrogens is 1. The molecule has 1 fully saturated rings. The Kier molecular flexibility index (Phi) is 10.7. The SMILES string of the molecule is CC(C)C(N)C(=O)[N@+]1(C(=O)N(C(=O)c2ccc(C(=O)NS(=O)(=O)c3ccccc3)cc2)C(C(=O)c2nc3ccccc3o2)C(C)C)CCCC1C. The maximum atomic E-state index is 15.0. The van der Waals surface area contributed by atoms with Gasteiger partial charge in [0.15, 0.2) is 5.58 Å². The summed E-state index contributed by atoms with van der Waals surface area (Å²) in [5.74, 6) is -4.44. The van der Waals surface area contributed by atoms with Crippen molar-refractivity contribution in [3.05, 3.63) is 95.9 Å². The smallest absolute Gasteiger partial charge is 0.434 e. The zero-order valence-corrected chi connectivity index (χ0v) is 29.9. The first-order chi connectivity index (χ1) is 24.1. The number of rotatable bonds is 10. The van der Waals surface area contributed by atoms with Crippen molar-refractivity contribution in [3.8, 4) is 0 Å². The number of carbonyl (C=O) groups excluding carboxylic acids is 5. The van der Waals surface area contributed by atoms with Gasteiger partial charge in [0, 0.05) is 24.0 Å². The Bertz CT molecular complexity index is 2050. The number of nitrogens with zero attached hydrogens (tertiary/aromatic N) is 3. The van der Waals surface area contributed by atoms with E-state index in [1.807, 2.05) is 4.72 Å². The molecule has 4 atom stereocenters. The molecule has 13 nitrogen and oxygen atoms in total. The number of nitrogens with one attached hydrogen (secondary N) is 1. The molecule has 1 saturated heterocycles. The van der Waals surface area contributed by atoms with Gasteiger partial charge in [-0.15, -0.1) is 0 Å².